The third kappa shape index (κ3) is 3.50. The van der Waals surface area contributed by atoms with E-state index < -0.39 is 17.4 Å². The smallest absolute Gasteiger partial charge is 0.434 e. The third-order valence-corrected chi connectivity index (χ3v) is 5.62. The first-order valence-corrected chi connectivity index (χ1v) is 9.79. The monoisotopic (exact) mass is 443 g/mol. The summed E-state index contributed by atoms with van der Waals surface area (Å²) in [6, 6.07) is 10.0. The summed E-state index contributed by atoms with van der Waals surface area (Å²) < 4.78 is 17.5. The fourth-order valence-corrected chi connectivity index (χ4v) is 4.03. The topological polar surface area (TPSA) is 99.8 Å². The Labute approximate surface area is 182 Å². The Morgan fingerprint density at radius 2 is 2.10 bits per heavy atom. The van der Waals surface area contributed by atoms with Gasteiger partial charge in [-0.2, -0.15) is 0 Å². The molecule has 1 fully saturated rings. The summed E-state index contributed by atoms with van der Waals surface area (Å²) in [7, 11) is 1.41. The van der Waals surface area contributed by atoms with Gasteiger partial charge < -0.3 is 10.4 Å². The van der Waals surface area contributed by atoms with Crippen molar-refractivity contribution >= 4 is 40.6 Å². The van der Waals surface area contributed by atoms with Crippen LogP contribution in [0, 0.1) is 12.7 Å². The molecule has 3 aromatic rings. The zero-order chi connectivity index (χ0) is 22.5. The molecule has 0 bridgehead atoms. The lowest BCUT2D eigenvalue weighted by atomic mass is 9.86. The zero-order valence-electron chi connectivity index (χ0n) is 17.0. The Bertz CT molecular complexity index is 1270. The van der Waals surface area contributed by atoms with E-state index in [0.717, 1.165) is 4.90 Å². The first-order chi connectivity index (χ1) is 14.6. The summed E-state index contributed by atoms with van der Waals surface area (Å²) in [6.45, 7) is 3.39. The highest BCUT2D eigenvalue weighted by atomic mass is 35.5. The normalized spacial score (nSPS) is 20.4. The molecule has 1 aromatic heterocycles. The van der Waals surface area contributed by atoms with E-state index in [4.69, 9.17) is 16.7 Å². The average molecular weight is 444 g/mol. The molecule has 0 spiro atoms. The number of imidazole rings is 1. The van der Waals surface area contributed by atoms with Gasteiger partial charge in [0.15, 0.2) is 5.82 Å². The summed E-state index contributed by atoms with van der Waals surface area (Å²) in [5, 5.41) is 12.4. The number of benzene rings is 2. The van der Waals surface area contributed by atoms with Gasteiger partial charge in [0.05, 0.1) is 28.7 Å². The molecule has 2 heterocycles. The second-order valence-corrected chi connectivity index (χ2v) is 8.01. The fourth-order valence-electron chi connectivity index (χ4n) is 3.86. The van der Waals surface area contributed by atoms with Gasteiger partial charge in [-0.3, -0.25) is 14.3 Å². The second-order valence-electron chi connectivity index (χ2n) is 7.57. The molecule has 2 aromatic carbocycles. The van der Waals surface area contributed by atoms with Crippen LogP contribution in [0.4, 0.5) is 9.18 Å². The summed E-state index contributed by atoms with van der Waals surface area (Å²) >= 11 is 6.14. The number of carboxylic acid groups (broad SMARTS) is 1. The first kappa shape index (κ1) is 20.8. The summed E-state index contributed by atoms with van der Waals surface area (Å²) in [5.41, 5.74) is 0.548. The minimum Gasteiger partial charge on any atom is -0.463 e. The lowest BCUT2D eigenvalue weighted by Crippen LogP contribution is -2.59. The maximum absolute atomic E-state index is 15.9. The number of hydrogen-bond donors (Lipinski definition) is 2. The largest absolute Gasteiger partial charge is 0.463 e. The van der Waals surface area contributed by atoms with E-state index in [2.05, 4.69) is 15.3 Å². The number of aryl methyl sites for hydroxylation is 1. The van der Waals surface area contributed by atoms with Crippen molar-refractivity contribution in [2.45, 2.75) is 25.8 Å². The van der Waals surface area contributed by atoms with E-state index in [1.54, 1.807) is 54.8 Å². The van der Waals surface area contributed by atoms with Crippen molar-refractivity contribution < 1.29 is 19.1 Å². The zero-order valence-corrected chi connectivity index (χ0v) is 17.7. The molecule has 0 unspecified atom stereocenters. The number of amides is 2. The Kier molecular flexibility index (Phi) is 4.93. The van der Waals surface area contributed by atoms with E-state index in [-0.39, 0.29) is 29.5 Å². The molecular formula is C21H19ClFN5O3. The number of carbonyl (C=O) groups is 2. The van der Waals surface area contributed by atoms with E-state index in [1.165, 1.54) is 7.05 Å². The van der Waals surface area contributed by atoms with Crippen molar-refractivity contribution in [3.8, 4) is 5.69 Å². The molecule has 1 atom stereocenters. The number of halogens is 2. The van der Waals surface area contributed by atoms with Crippen LogP contribution < -0.4 is 5.32 Å². The average Bonchev–Trinajstić information content (AvgIpc) is 3.00. The Hall–Kier alpha value is -3.46. The first-order valence-electron chi connectivity index (χ1n) is 9.41. The van der Waals surface area contributed by atoms with Gasteiger partial charge in [0.25, 0.3) is 0 Å². The standard InChI is InChI=1S/C21H19ClFN5O3/c1-11-24-14-8-7-12(22)9-16(14)28(11)15-6-4-5-13(18(15)23)21(2)10-17(29)27(3)19(26-21)25-20(30)31/h4-9H,10H2,1-3H3,(H,25,26)(H,30,31)/t21-/m0/s1. The van der Waals surface area contributed by atoms with Crippen LogP contribution in [0.25, 0.3) is 16.7 Å². The van der Waals surface area contributed by atoms with Gasteiger partial charge in [-0.25, -0.2) is 14.2 Å². The van der Waals surface area contributed by atoms with Crippen LogP contribution in [-0.4, -0.2) is 44.6 Å². The Morgan fingerprint density at radius 3 is 2.81 bits per heavy atom. The van der Waals surface area contributed by atoms with Crippen LogP contribution in [-0.2, 0) is 10.3 Å². The molecule has 0 saturated carbocycles. The van der Waals surface area contributed by atoms with Gasteiger partial charge >= 0.3 is 6.09 Å². The van der Waals surface area contributed by atoms with E-state index in [0.29, 0.717) is 21.9 Å². The number of guanidine groups is 1. The van der Waals surface area contributed by atoms with Gasteiger partial charge in [0.1, 0.15) is 5.82 Å². The van der Waals surface area contributed by atoms with Crippen LogP contribution in [0.3, 0.4) is 0 Å². The lowest BCUT2D eigenvalue weighted by molar-refractivity contribution is -0.129. The molecule has 2 N–H and O–H groups in total. The van der Waals surface area contributed by atoms with E-state index >= 15 is 4.39 Å². The van der Waals surface area contributed by atoms with E-state index in [9.17, 15) is 9.59 Å². The molecule has 31 heavy (non-hydrogen) atoms. The Balaban J connectivity index is 1.87. The number of fused-ring (bicyclic) bond motifs is 1. The van der Waals surface area contributed by atoms with E-state index in [1.807, 2.05) is 0 Å². The van der Waals surface area contributed by atoms with Crippen LogP contribution in [0.5, 0.6) is 0 Å². The number of rotatable bonds is 2. The molecule has 10 heteroatoms. The minimum absolute atomic E-state index is 0.0853. The van der Waals surface area contributed by atoms with Crippen molar-refractivity contribution in [1.29, 1.82) is 0 Å². The molecule has 1 aliphatic heterocycles. The summed E-state index contributed by atoms with van der Waals surface area (Å²) in [5.74, 6) is -0.542. The molecule has 1 aliphatic rings. The lowest BCUT2D eigenvalue weighted by Gasteiger charge is -2.40. The van der Waals surface area contributed by atoms with Crippen LogP contribution in [0.15, 0.2) is 41.4 Å². The highest BCUT2D eigenvalue weighted by molar-refractivity contribution is 6.31. The van der Waals surface area contributed by atoms with Crippen molar-refractivity contribution in [2.75, 3.05) is 7.05 Å². The summed E-state index contributed by atoms with van der Waals surface area (Å²) in [4.78, 5) is 32.6. The highest BCUT2D eigenvalue weighted by Gasteiger charge is 2.41. The number of nitrogens with one attached hydrogen (secondary N) is 1. The number of aromatic nitrogens is 2. The summed E-state index contributed by atoms with van der Waals surface area (Å²) in [6.07, 6.45) is -1.55. The molecular weight excluding hydrogens is 425 g/mol. The van der Waals surface area contributed by atoms with Crippen LogP contribution in [0.1, 0.15) is 24.7 Å². The molecule has 160 valence electrons. The van der Waals surface area contributed by atoms with Crippen molar-refractivity contribution in [1.82, 2.24) is 19.8 Å². The molecule has 0 radical (unpaired) electrons. The van der Waals surface area contributed by atoms with Gasteiger partial charge in [0.2, 0.25) is 11.9 Å². The van der Waals surface area contributed by atoms with Gasteiger partial charge in [0, 0.05) is 17.6 Å². The maximum atomic E-state index is 15.9. The number of nitrogens with zero attached hydrogens (tertiary/aromatic N) is 4. The van der Waals surface area contributed by atoms with Gasteiger partial charge in [-0.1, -0.05) is 23.7 Å². The minimum atomic E-state index is -1.46. The molecule has 8 nitrogen and oxygen atoms in total. The molecule has 4 rings (SSSR count). The van der Waals surface area contributed by atoms with Gasteiger partial charge in [-0.15, -0.1) is 4.99 Å². The van der Waals surface area contributed by atoms with Crippen LogP contribution >= 0.6 is 11.6 Å². The Morgan fingerprint density at radius 1 is 1.35 bits per heavy atom. The second kappa shape index (κ2) is 7.35. The number of aliphatic imine (C=N–C) groups is 1. The number of carbonyl (C=O) groups excluding carboxylic acids is 1. The highest BCUT2D eigenvalue weighted by Crippen LogP contribution is 2.34. The fraction of sp³-hybridized carbons (Fsp3) is 0.238. The quantitative estimate of drug-likeness (QED) is 0.627. The maximum Gasteiger partial charge on any atom is 0.434 e. The molecule has 2 amide bonds. The molecule has 0 aliphatic carbocycles. The SMILES string of the molecule is Cc1nc2ccc(Cl)cc2n1-c1cccc([C@]2(C)CC(=O)N(C)/C(=N/C(=O)O)N2)c1F. The van der Waals surface area contributed by atoms with Gasteiger partial charge in [-0.05, 0) is 38.1 Å². The predicted octanol–water partition coefficient (Wildman–Crippen LogP) is 3.83. The third-order valence-electron chi connectivity index (χ3n) is 5.38. The van der Waals surface area contributed by atoms with Crippen molar-refractivity contribution in [2.24, 2.45) is 4.99 Å². The predicted molar refractivity (Wildman–Crippen MR) is 114 cm³/mol. The number of hydrogen-bond acceptors (Lipinski definition) is 3. The van der Waals surface area contributed by atoms with Crippen LogP contribution in [0.2, 0.25) is 5.02 Å². The molecule has 1 saturated heterocycles. The van der Waals surface area contributed by atoms with Crippen molar-refractivity contribution in [3.05, 3.63) is 58.6 Å². The van der Waals surface area contributed by atoms with Crippen molar-refractivity contribution in [3.63, 3.8) is 0 Å².